The fourth-order valence-electron chi connectivity index (χ4n) is 2.75. The molecule has 1 fully saturated rings. The lowest BCUT2D eigenvalue weighted by Gasteiger charge is -2.21. The molecule has 1 aliphatic rings. The van der Waals surface area contributed by atoms with Gasteiger partial charge in [-0.1, -0.05) is 20.8 Å². The molecule has 1 aliphatic carbocycles. The van der Waals surface area contributed by atoms with Crippen LogP contribution in [0.25, 0.3) is 0 Å². The number of H-pyrrole nitrogens is 1. The summed E-state index contributed by atoms with van der Waals surface area (Å²) in [5, 5.41) is 0. The van der Waals surface area contributed by atoms with Crippen molar-refractivity contribution in [3.05, 3.63) is 16.7 Å². The summed E-state index contributed by atoms with van der Waals surface area (Å²) in [6.45, 7) is 6.90. The second-order valence-corrected chi connectivity index (χ2v) is 5.18. The van der Waals surface area contributed by atoms with Crippen molar-refractivity contribution in [1.29, 1.82) is 0 Å². The van der Waals surface area contributed by atoms with Crippen LogP contribution in [-0.4, -0.2) is 9.55 Å². The van der Waals surface area contributed by atoms with Crippen LogP contribution in [0, 0.1) is 16.6 Å². The summed E-state index contributed by atoms with van der Waals surface area (Å²) in [7, 11) is 0. The average Bonchev–Trinajstić information content (AvgIpc) is 2.73. The Kier molecular flexibility index (Phi) is 3.01. The third-order valence-corrected chi connectivity index (χ3v) is 4.32. The van der Waals surface area contributed by atoms with Gasteiger partial charge in [0.05, 0.1) is 0 Å². The Morgan fingerprint density at radius 2 is 2.20 bits per heavy atom. The summed E-state index contributed by atoms with van der Waals surface area (Å²) >= 11 is 5.37. The first-order chi connectivity index (χ1) is 7.15. The van der Waals surface area contributed by atoms with Crippen molar-refractivity contribution in [1.82, 2.24) is 9.55 Å². The number of aromatic amines is 1. The normalized spacial score (nSPS) is 31.0. The quantitative estimate of drug-likeness (QED) is 0.759. The van der Waals surface area contributed by atoms with Gasteiger partial charge in [-0.25, -0.2) is 0 Å². The van der Waals surface area contributed by atoms with E-state index in [1.807, 2.05) is 0 Å². The molecule has 2 nitrogen and oxygen atoms in total. The van der Waals surface area contributed by atoms with Gasteiger partial charge >= 0.3 is 0 Å². The second kappa shape index (κ2) is 4.12. The van der Waals surface area contributed by atoms with Crippen LogP contribution < -0.4 is 0 Å². The smallest absolute Gasteiger partial charge is 0.177 e. The number of aryl methyl sites for hydroxylation is 1. The number of aromatic nitrogens is 2. The minimum Gasteiger partial charge on any atom is -0.337 e. The minimum atomic E-state index is 0.619. The summed E-state index contributed by atoms with van der Waals surface area (Å²) in [4.78, 5) is 3.18. The molecule has 3 unspecified atom stereocenters. The van der Waals surface area contributed by atoms with E-state index in [1.54, 1.807) is 0 Å². The maximum absolute atomic E-state index is 5.37. The third kappa shape index (κ3) is 1.78. The maximum atomic E-state index is 5.37. The molecule has 1 aromatic heterocycles. The van der Waals surface area contributed by atoms with Gasteiger partial charge in [0.2, 0.25) is 0 Å². The summed E-state index contributed by atoms with van der Waals surface area (Å²) in [5.74, 6) is 1.58. The van der Waals surface area contributed by atoms with E-state index in [1.165, 1.54) is 18.5 Å². The largest absolute Gasteiger partial charge is 0.337 e. The first kappa shape index (κ1) is 10.9. The van der Waals surface area contributed by atoms with Gasteiger partial charge in [-0.3, -0.25) is 0 Å². The van der Waals surface area contributed by atoms with Crippen LogP contribution in [0.15, 0.2) is 6.20 Å². The molecule has 0 radical (unpaired) electrons. The van der Waals surface area contributed by atoms with Crippen molar-refractivity contribution < 1.29 is 0 Å². The highest BCUT2D eigenvalue weighted by atomic mass is 32.1. The second-order valence-electron chi connectivity index (χ2n) is 4.79. The molecular formula is C12H20N2S. The highest BCUT2D eigenvalue weighted by molar-refractivity contribution is 7.71. The Labute approximate surface area is 96.7 Å². The molecule has 0 spiro atoms. The van der Waals surface area contributed by atoms with Crippen molar-refractivity contribution in [3.8, 4) is 0 Å². The predicted molar refractivity (Wildman–Crippen MR) is 65.6 cm³/mol. The lowest BCUT2D eigenvalue weighted by Crippen LogP contribution is -2.16. The van der Waals surface area contributed by atoms with Crippen LogP contribution in [0.5, 0.6) is 0 Å². The number of imidazole rings is 1. The van der Waals surface area contributed by atoms with Crippen molar-refractivity contribution in [2.24, 2.45) is 11.8 Å². The Bertz CT molecular complexity index is 391. The van der Waals surface area contributed by atoms with E-state index in [2.05, 4.69) is 36.5 Å². The zero-order chi connectivity index (χ0) is 11.0. The monoisotopic (exact) mass is 224 g/mol. The topological polar surface area (TPSA) is 20.7 Å². The van der Waals surface area contributed by atoms with Crippen molar-refractivity contribution in [2.75, 3.05) is 0 Å². The van der Waals surface area contributed by atoms with Gasteiger partial charge in [-0.05, 0) is 43.3 Å². The number of nitrogens with one attached hydrogen (secondary N) is 1. The van der Waals surface area contributed by atoms with Crippen LogP contribution in [0.1, 0.15) is 45.3 Å². The van der Waals surface area contributed by atoms with E-state index >= 15 is 0 Å². The number of nitrogens with zero attached hydrogens (tertiary/aromatic N) is 1. The van der Waals surface area contributed by atoms with E-state index in [0.717, 1.165) is 23.0 Å². The maximum Gasteiger partial charge on any atom is 0.177 e. The standard InChI is InChI=1S/C12H20N2S/c1-4-10-7-13-12(15)14(10)11-6-5-8(2)9(11)3/h7-9,11H,4-6H2,1-3H3,(H,13,15). The average molecular weight is 224 g/mol. The molecule has 3 atom stereocenters. The van der Waals surface area contributed by atoms with Crippen LogP contribution >= 0.6 is 12.2 Å². The van der Waals surface area contributed by atoms with Gasteiger partial charge < -0.3 is 9.55 Å². The molecule has 3 heteroatoms. The van der Waals surface area contributed by atoms with Gasteiger partial charge in [0.1, 0.15) is 0 Å². The SMILES string of the molecule is CCc1c[nH]c(=S)n1C1CCC(C)C1C. The van der Waals surface area contributed by atoms with Gasteiger partial charge in [0.25, 0.3) is 0 Å². The lowest BCUT2D eigenvalue weighted by atomic mass is 9.97. The zero-order valence-electron chi connectivity index (χ0n) is 9.79. The highest BCUT2D eigenvalue weighted by Gasteiger charge is 2.32. The van der Waals surface area contributed by atoms with E-state index in [0.29, 0.717) is 6.04 Å². The van der Waals surface area contributed by atoms with Gasteiger partial charge in [0, 0.05) is 17.9 Å². The molecule has 0 bridgehead atoms. The van der Waals surface area contributed by atoms with Gasteiger partial charge in [-0.15, -0.1) is 0 Å². The van der Waals surface area contributed by atoms with E-state index in [-0.39, 0.29) is 0 Å². The molecule has 84 valence electrons. The Morgan fingerprint density at radius 1 is 1.47 bits per heavy atom. The first-order valence-electron chi connectivity index (χ1n) is 5.94. The van der Waals surface area contributed by atoms with Crippen LogP contribution in [0.3, 0.4) is 0 Å². The van der Waals surface area contributed by atoms with Gasteiger partial charge in [0.15, 0.2) is 4.77 Å². The van der Waals surface area contributed by atoms with E-state index < -0.39 is 0 Å². The van der Waals surface area contributed by atoms with Crippen molar-refractivity contribution >= 4 is 12.2 Å². The first-order valence-corrected chi connectivity index (χ1v) is 6.34. The lowest BCUT2D eigenvalue weighted by molar-refractivity contribution is 0.345. The molecule has 2 rings (SSSR count). The van der Waals surface area contributed by atoms with Crippen molar-refractivity contribution in [2.45, 2.75) is 46.1 Å². The Hall–Kier alpha value is -0.570. The summed E-state index contributed by atoms with van der Waals surface area (Å²) < 4.78 is 3.25. The van der Waals surface area contributed by atoms with Crippen molar-refractivity contribution in [3.63, 3.8) is 0 Å². The zero-order valence-corrected chi connectivity index (χ0v) is 10.6. The Balaban J connectivity index is 2.37. The number of hydrogen-bond acceptors (Lipinski definition) is 1. The molecule has 0 saturated heterocycles. The molecule has 0 aromatic carbocycles. The molecule has 0 amide bonds. The van der Waals surface area contributed by atoms with E-state index in [4.69, 9.17) is 12.2 Å². The summed E-state index contributed by atoms with van der Waals surface area (Å²) in [5.41, 5.74) is 1.35. The molecule has 1 N–H and O–H groups in total. The summed E-state index contributed by atoms with van der Waals surface area (Å²) in [6, 6.07) is 0.619. The fraction of sp³-hybridized carbons (Fsp3) is 0.750. The fourth-order valence-corrected chi connectivity index (χ4v) is 3.07. The molecule has 0 aliphatic heterocycles. The van der Waals surface area contributed by atoms with Crippen LogP contribution in [-0.2, 0) is 6.42 Å². The highest BCUT2D eigenvalue weighted by Crippen LogP contribution is 2.40. The molecule has 15 heavy (non-hydrogen) atoms. The molecule has 1 saturated carbocycles. The van der Waals surface area contributed by atoms with Gasteiger partial charge in [-0.2, -0.15) is 0 Å². The number of hydrogen-bond donors (Lipinski definition) is 1. The molecule has 1 aromatic rings. The number of rotatable bonds is 2. The Morgan fingerprint density at radius 3 is 2.73 bits per heavy atom. The molecule has 1 heterocycles. The van der Waals surface area contributed by atoms with E-state index in [9.17, 15) is 0 Å². The predicted octanol–water partition coefficient (Wildman–Crippen LogP) is 3.72. The molecular weight excluding hydrogens is 204 g/mol. The van der Waals surface area contributed by atoms with Crippen LogP contribution in [0.4, 0.5) is 0 Å². The van der Waals surface area contributed by atoms with Crippen LogP contribution in [0.2, 0.25) is 0 Å². The summed E-state index contributed by atoms with van der Waals surface area (Å²) in [6.07, 6.45) is 5.74. The third-order valence-electron chi connectivity index (χ3n) is 4.01. The minimum absolute atomic E-state index is 0.619.